The fourth-order valence-corrected chi connectivity index (χ4v) is 7.15. The molecule has 0 aromatic heterocycles. The maximum atomic E-state index is 2.37. The molecular formula is C26H48. The zero-order valence-corrected chi connectivity index (χ0v) is 18.2. The highest BCUT2D eigenvalue weighted by molar-refractivity contribution is 4.86. The molecule has 3 saturated carbocycles. The van der Waals surface area contributed by atoms with Gasteiger partial charge in [-0.2, -0.15) is 0 Å². The van der Waals surface area contributed by atoms with Crippen LogP contribution in [0, 0.1) is 35.5 Å². The predicted molar refractivity (Wildman–Crippen MR) is 115 cm³/mol. The van der Waals surface area contributed by atoms with Gasteiger partial charge in [-0.1, -0.05) is 84.5 Å². The van der Waals surface area contributed by atoms with Crippen molar-refractivity contribution in [3.8, 4) is 0 Å². The van der Waals surface area contributed by atoms with Crippen LogP contribution in [0.15, 0.2) is 0 Å². The van der Waals surface area contributed by atoms with Gasteiger partial charge in [0.1, 0.15) is 0 Å². The van der Waals surface area contributed by atoms with E-state index < -0.39 is 0 Å². The molecule has 3 aliphatic rings. The number of hydrogen-bond donors (Lipinski definition) is 0. The second kappa shape index (κ2) is 11.1. The topological polar surface area (TPSA) is 0 Å². The van der Waals surface area contributed by atoms with Crippen molar-refractivity contribution >= 4 is 0 Å². The smallest absolute Gasteiger partial charge is 0.0383 e. The molecule has 3 fully saturated rings. The summed E-state index contributed by atoms with van der Waals surface area (Å²) >= 11 is 0. The van der Waals surface area contributed by atoms with Crippen molar-refractivity contribution in [2.75, 3.05) is 0 Å². The largest absolute Gasteiger partial charge is 0.0654 e. The van der Waals surface area contributed by atoms with Gasteiger partial charge in [0.2, 0.25) is 0 Å². The van der Waals surface area contributed by atoms with Gasteiger partial charge in [0.05, 0.1) is 0 Å². The summed E-state index contributed by atoms with van der Waals surface area (Å²) in [5.41, 5.74) is 0. The summed E-state index contributed by atoms with van der Waals surface area (Å²) in [4.78, 5) is 0. The summed E-state index contributed by atoms with van der Waals surface area (Å²) < 4.78 is 0. The summed E-state index contributed by atoms with van der Waals surface area (Å²) in [6.07, 6.45) is 27.7. The lowest BCUT2D eigenvalue weighted by atomic mass is 9.64. The molecule has 152 valence electrons. The van der Waals surface area contributed by atoms with Crippen LogP contribution in [-0.2, 0) is 0 Å². The van der Waals surface area contributed by atoms with Crippen molar-refractivity contribution in [1.82, 2.24) is 0 Å². The first-order chi connectivity index (χ1) is 12.8. The molecule has 3 aliphatic carbocycles. The number of hydrogen-bond acceptors (Lipinski definition) is 0. The van der Waals surface area contributed by atoms with E-state index in [1.165, 1.54) is 32.1 Å². The molecule has 0 amide bonds. The maximum Gasteiger partial charge on any atom is -0.0383 e. The first-order valence-corrected chi connectivity index (χ1v) is 12.8. The molecule has 2 unspecified atom stereocenters. The van der Waals surface area contributed by atoms with Crippen LogP contribution in [0.25, 0.3) is 0 Å². The predicted octanol–water partition coefficient (Wildman–Crippen LogP) is 8.79. The van der Waals surface area contributed by atoms with Gasteiger partial charge in [-0.05, 0) is 80.5 Å². The zero-order valence-electron chi connectivity index (χ0n) is 18.2. The van der Waals surface area contributed by atoms with E-state index in [2.05, 4.69) is 13.8 Å². The number of unbranched alkanes of at least 4 members (excludes halogenated alkanes) is 2. The summed E-state index contributed by atoms with van der Waals surface area (Å²) in [5, 5.41) is 0. The van der Waals surface area contributed by atoms with Crippen molar-refractivity contribution in [1.29, 1.82) is 0 Å². The third-order valence-electron chi connectivity index (χ3n) is 8.78. The molecule has 0 aliphatic heterocycles. The average molecular weight is 361 g/mol. The zero-order chi connectivity index (χ0) is 18.2. The Bertz CT molecular complexity index is 356. The Morgan fingerprint density at radius 2 is 1.12 bits per heavy atom. The first-order valence-electron chi connectivity index (χ1n) is 12.8. The highest BCUT2D eigenvalue weighted by atomic mass is 14.4. The highest BCUT2D eigenvalue weighted by Gasteiger charge is 2.34. The van der Waals surface area contributed by atoms with E-state index in [0.717, 1.165) is 35.5 Å². The Morgan fingerprint density at radius 1 is 0.500 bits per heavy atom. The summed E-state index contributed by atoms with van der Waals surface area (Å²) in [6.45, 7) is 4.71. The van der Waals surface area contributed by atoms with Crippen molar-refractivity contribution in [2.24, 2.45) is 35.5 Å². The van der Waals surface area contributed by atoms with Crippen molar-refractivity contribution in [2.45, 2.75) is 129 Å². The first kappa shape index (κ1) is 20.7. The minimum Gasteiger partial charge on any atom is -0.0654 e. The molecule has 0 aromatic rings. The Morgan fingerprint density at radius 3 is 1.73 bits per heavy atom. The highest BCUT2D eigenvalue weighted by Crippen LogP contribution is 2.46. The van der Waals surface area contributed by atoms with Crippen LogP contribution in [0.5, 0.6) is 0 Å². The fraction of sp³-hybridized carbons (Fsp3) is 1.00. The lowest BCUT2D eigenvalue weighted by Gasteiger charge is -2.41. The van der Waals surface area contributed by atoms with Gasteiger partial charge in [0, 0.05) is 0 Å². The van der Waals surface area contributed by atoms with E-state index >= 15 is 0 Å². The molecule has 0 spiro atoms. The van der Waals surface area contributed by atoms with Gasteiger partial charge in [-0.3, -0.25) is 0 Å². The third kappa shape index (κ3) is 6.00. The molecular weight excluding hydrogens is 312 g/mol. The lowest BCUT2D eigenvalue weighted by molar-refractivity contribution is 0.0982. The molecule has 0 saturated heterocycles. The average Bonchev–Trinajstić information content (AvgIpc) is 2.70. The SMILES string of the molecule is CCCCCC1CCCC(C2CCC(C3CCC(CCC)CC3)CC2)C1. The standard InChI is InChI=1S/C26H48/c1-3-5-6-9-22-10-7-11-26(20-22)25-18-16-24(17-19-25)23-14-12-21(8-4-2)13-15-23/h21-26H,3-20H2,1-2H3. The Labute approximate surface area is 165 Å². The maximum absolute atomic E-state index is 2.37. The third-order valence-corrected chi connectivity index (χ3v) is 8.78. The Kier molecular flexibility index (Phi) is 8.86. The number of rotatable bonds is 8. The Balaban J connectivity index is 1.37. The summed E-state index contributed by atoms with van der Waals surface area (Å²) in [7, 11) is 0. The van der Waals surface area contributed by atoms with Crippen LogP contribution < -0.4 is 0 Å². The molecule has 26 heavy (non-hydrogen) atoms. The van der Waals surface area contributed by atoms with Gasteiger partial charge in [0.25, 0.3) is 0 Å². The van der Waals surface area contributed by atoms with Gasteiger partial charge in [0.15, 0.2) is 0 Å². The molecule has 3 rings (SSSR count). The van der Waals surface area contributed by atoms with E-state index in [1.54, 1.807) is 83.5 Å². The molecule has 0 N–H and O–H groups in total. The monoisotopic (exact) mass is 360 g/mol. The van der Waals surface area contributed by atoms with Gasteiger partial charge >= 0.3 is 0 Å². The van der Waals surface area contributed by atoms with Crippen LogP contribution >= 0.6 is 0 Å². The second-order valence-corrected chi connectivity index (χ2v) is 10.5. The van der Waals surface area contributed by atoms with Crippen LogP contribution in [-0.4, -0.2) is 0 Å². The molecule has 0 bridgehead atoms. The molecule has 0 heteroatoms. The molecule has 0 heterocycles. The minimum absolute atomic E-state index is 1.08. The fourth-order valence-electron chi connectivity index (χ4n) is 7.15. The lowest BCUT2D eigenvalue weighted by Crippen LogP contribution is -2.30. The van der Waals surface area contributed by atoms with Gasteiger partial charge in [-0.15, -0.1) is 0 Å². The normalized spacial score (nSPS) is 39.0. The van der Waals surface area contributed by atoms with Gasteiger partial charge in [-0.25, -0.2) is 0 Å². The molecule has 0 aromatic carbocycles. The van der Waals surface area contributed by atoms with Crippen LogP contribution in [0.3, 0.4) is 0 Å². The quantitative estimate of drug-likeness (QED) is 0.379. The van der Waals surface area contributed by atoms with Gasteiger partial charge < -0.3 is 0 Å². The second-order valence-electron chi connectivity index (χ2n) is 10.5. The molecule has 2 atom stereocenters. The van der Waals surface area contributed by atoms with Crippen LogP contribution in [0.4, 0.5) is 0 Å². The van der Waals surface area contributed by atoms with Crippen LogP contribution in [0.1, 0.15) is 129 Å². The van der Waals surface area contributed by atoms with Crippen LogP contribution in [0.2, 0.25) is 0 Å². The van der Waals surface area contributed by atoms with E-state index in [9.17, 15) is 0 Å². The van der Waals surface area contributed by atoms with Crippen molar-refractivity contribution in [3.05, 3.63) is 0 Å². The van der Waals surface area contributed by atoms with E-state index in [1.807, 2.05) is 0 Å². The molecule has 0 nitrogen and oxygen atoms in total. The summed E-state index contributed by atoms with van der Waals surface area (Å²) in [5.74, 6) is 6.61. The summed E-state index contributed by atoms with van der Waals surface area (Å²) in [6, 6.07) is 0. The Hall–Kier alpha value is 0. The van der Waals surface area contributed by atoms with Crippen molar-refractivity contribution < 1.29 is 0 Å². The van der Waals surface area contributed by atoms with Crippen molar-refractivity contribution in [3.63, 3.8) is 0 Å². The van der Waals surface area contributed by atoms with E-state index in [4.69, 9.17) is 0 Å². The minimum atomic E-state index is 1.08. The van der Waals surface area contributed by atoms with E-state index in [-0.39, 0.29) is 0 Å². The van der Waals surface area contributed by atoms with E-state index in [0.29, 0.717) is 0 Å². The molecule has 0 radical (unpaired) electrons.